The van der Waals surface area contributed by atoms with Crippen molar-refractivity contribution < 1.29 is 23.9 Å². The second-order valence-electron chi connectivity index (χ2n) is 5.95. The summed E-state index contributed by atoms with van der Waals surface area (Å²) in [6, 6.07) is 12.2. The van der Waals surface area contributed by atoms with Crippen LogP contribution in [-0.2, 0) is 20.7 Å². The van der Waals surface area contributed by atoms with Crippen LogP contribution in [0.4, 0.5) is 0 Å². The third-order valence-electron chi connectivity index (χ3n) is 4.34. The van der Waals surface area contributed by atoms with E-state index in [1.807, 2.05) is 6.07 Å². The Morgan fingerprint density at radius 2 is 1.80 bits per heavy atom. The van der Waals surface area contributed by atoms with Gasteiger partial charge in [-0.3, -0.25) is 14.4 Å². The van der Waals surface area contributed by atoms with Gasteiger partial charge >= 0.3 is 11.9 Å². The molecule has 0 aromatic heterocycles. The molecular weight excluding hydrogens is 320 g/mol. The molecule has 0 spiro atoms. The van der Waals surface area contributed by atoms with Gasteiger partial charge in [0.2, 0.25) is 0 Å². The quantitative estimate of drug-likeness (QED) is 0.487. The number of fused-ring (bicyclic) bond motifs is 1. The zero-order valence-electron chi connectivity index (χ0n) is 14.1. The monoisotopic (exact) mass is 338 g/mol. The molecule has 0 heterocycles. The summed E-state index contributed by atoms with van der Waals surface area (Å²) in [7, 11) is 1.35. The van der Waals surface area contributed by atoms with Crippen molar-refractivity contribution in [2.45, 2.75) is 25.7 Å². The van der Waals surface area contributed by atoms with Crippen LogP contribution >= 0.6 is 0 Å². The standard InChI is InChI=1S/C20H18O5/c1-12(21)25-18-11-16-14(8-9-15(16)20(23)24-2)10-17(18)19(22)13-6-4-3-5-7-13/h3-7,10-11,15H,8-9H2,1-2H3. The highest BCUT2D eigenvalue weighted by atomic mass is 16.5. The highest BCUT2D eigenvalue weighted by Crippen LogP contribution is 2.38. The molecule has 2 aromatic rings. The van der Waals surface area contributed by atoms with E-state index in [9.17, 15) is 14.4 Å². The number of aryl methyl sites for hydroxylation is 1. The SMILES string of the molecule is COC(=O)C1CCc2cc(C(=O)c3ccccc3)c(OC(C)=O)cc21. The average Bonchev–Trinajstić information content (AvgIpc) is 3.03. The first-order valence-corrected chi connectivity index (χ1v) is 8.04. The average molecular weight is 338 g/mol. The third-order valence-corrected chi connectivity index (χ3v) is 4.34. The first-order valence-electron chi connectivity index (χ1n) is 8.04. The lowest BCUT2D eigenvalue weighted by atomic mass is 9.95. The summed E-state index contributed by atoms with van der Waals surface area (Å²) in [6.45, 7) is 1.28. The highest BCUT2D eigenvalue weighted by Gasteiger charge is 2.32. The number of methoxy groups -OCH3 is 1. The lowest BCUT2D eigenvalue weighted by Crippen LogP contribution is -2.13. The van der Waals surface area contributed by atoms with Crippen molar-refractivity contribution in [2.75, 3.05) is 7.11 Å². The molecule has 0 bridgehead atoms. The number of carbonyl (C=O) groups excluding carboxylic acids is 3. The van der Waals surface area contributed by atoms with E-state index in [2.05, 4.69) is 0 Å². The lowest BCUT2D eigenvalue weighted by molar-refractivity contribution is -0.142. The maximum absolute atomic E-state index is 12.8. The summed E-state index contributed by atoms with van der Waals surface area (Å²) in [5, 5.41) is 0. The number of ketones is 1. The molecule has 2 aromatic carbocycles. The summed E-state index contributed by atoms with van der Waals surface area (Å²) >= 11 is 0. The van der Waals surface area contributed by atoms with E-state index < -0.39 is 11.9 Å². The second kappa shape index (κ2) is 6.89. The van der Waals surface area contributed by atoms with E-state index in [-0.39, 0.29) is 17.5 Å². The molecule has 0 saturated heterocycles. The van der Waals surface area contributed by atoms with Gasteiger partial charge in [-0.05, 0) is 36.1 Å². The predicted molar refractivity (Wildman–Crippen MR) is 90.7 cm³/mol. The molecular formula is C20H18O5. The minimum absolute atomic E-state index is 0.177. The molecule has 0 amide bonds. The van der Waals surface area contributed by atoms with Crippen LogP contribution < -0.4 is 4.74 Å². The maximum atomic E-state index is 12.8. The Balaban J connectivity index is 2.08. The predicted octanol–water partition coefficient (Wildman–Crippen LogP) is 3.05. The zero-order valence-corrected chi connectivity index (χ0v) is 14.1. The fraction of sp³-hybridized carbons (Fsp3) is 0.250. The van der Waals surface area contributed by atoms with Gasteiger partial charge in [-0.25, -0.2) is 0 Å². The number of esters is 2. The van der Waals surface area contributed by atoms with Crippen molar-refractivity contribution in [2.24, 2.45) is 0 Å². The minimum atomic E-state index is -0.519. The Morgan fingerprint density at radius 3 is 2.44 bits per heavy atom. The molecule has 1 atom stereocenters. The molecule has 0 saturated carbocycles. The first kappa shape index (κ1) is 16.9. The molecule has 3 rings (SSSR count). The first-order chi connectivity index (χ1) is 12.0. The number of rotatable bonds is 4. The van der Waals surface area contributed by atoms with Gasteiger partial charge in [0.25, 0.3) is 0 Å². The van der Waals surface area contributed by atoms with Crippen molar-refractivity contribution in [3.8, 4) is 5.75 Å². The molecule has 25 heavy (non-hydrogen) atoms. The molecule has 1 aliphatic rings. The van der Waals surface area contributed by atoms with Crippen LogP contribution in [0.15, 0.2) is 42.5 Å². The molecule has 0 aliphatic heterocycles. The van der Waals surface area contributed by atoms with Crippen molar-refractivity contribution in [3.63, 3.8) is 0 Å². The Morgan fingerprint density at radius 1 is 1.08 bits per heavy atom. The third kappa shape index (κ3) is 3.31. The normalized spacial score (nSPS) is 15.4. The number of benzene rings is 2. The Kier molecular flexibility index (Phi) is 4.65. The van der Waals surface area contributed by atoms with Crippen LogP contribution in [0.3, 0.4) is 0 Å². The van der Waals surface area contributed by atoms with Gasteiger partial charge < -0.3 is 9.47 Å². The van der Waals surface area contributed by atoms with Crippen LogP contribution in [-0.4, -0.2) is 24.8 Å². The number of hydrogen-bond acceptors (Lipinski definition) is 5. The largest absolute Gasteiger partial charge is 0.469 e. The van der Waals surface area contributed by atoms with Crippen LogP contribution in [0.5, 0.6) is 5.75 Å². The van der Waals surface area contributed by atoms with Gasteiger partial charge in [-0.2, -0.15) is 0 Å². The molecule has 1 unspecified atom stereocenters. The lowest BCUT2D eigenvalue weighted by Gasteiger charge is -2.14. The summed E-state index contributed by atoms with van der Waals surface area (Å²) in [4.78, 5) is 36.3. The molecule has 0 radical (unpaired) electrons. The van der Waals surface area contributed by atoms with Crippen LogP contribution in [0.1, 0.15) is 46.3 Å². The van der Waals surface area contributed by atoms with Crippen molar-refractivity contribution >= 4 is 17.7 Å². The molecule has 5 nitrogen and oxygen atoms in total. The second-order valence-corrected chi connectivity index (χ2v) is 5.95. The van der Waals surface area contributed by atoms with Gasteiger partial charge in [0.15, 0.2) is 5.78 Å². The Hall–Kier alpha value is -2.95. The molecule has 1 aliphatic carbocycles. The van der Waals surface area contributed by atoms with Crippen LogP contribution in [0, 0.1) is 0 Å². The van der Waals surface area contributed by atoms with Crippen LogP contribution in [0.25, 0.3) is 0 Å². The zero-order chi connectivity index (χ0) is 18.0. The smallest absolute Gasteiger partial charge is 0.313 e. The molecule has 0 N–H and O–H groups in total. The fourth-order valence-electron chi connectivity index (χ4n) is 3.19. The van der Waals surface area contributed by atoms with E-state index in [0.717, 1.165) is 11.1 Å². The number of carbonyl (C=O) groups is 3. The van der Waals surface area contributed by atoms with Gasteiger partial charge in [0.1, 0.15) is 5.75 Å². The summed E-state index contributed by atoms with van der Waals surface area (Å²) in [6.07, 6.45) is 1.29. The van der Waals surface area contributed by atoms with E-state index in [4.69, 9.17) is 9.47 Å². The van der Waals surface area contributed by atoms with E-state index in [1.165, 1.54) is 14.0 Å². The molecule has 128 valence electrons. The molecule has 0 fully saturated rings. The number of ether oxygens (including phenoxy) is 2. The summed E-state index contributed by atoms with van der Waals surface area (Å²) in [5.74, 6) is -1.28. The molecule has 5 heteroatoms. The Labute approximate surface area is 145 Å². The highest BCUT2D eigenvalue weighted by molar-refractivity contribution is 6.11. The summed E-state index contributed by atoms with van der Waals surface area (Å²) in [5.41, 5.74) is 2.50. The Bertz CT molecular complexity index is 839. The van der Waals surface area contributed by atoms with E-state index in [1.54, 1.807) is 36.4 Å². The van der Waals surface area contributed by atoms with Gasteiger partial charge in [-0.15, -0.1) is 0 Å². The van der Waals surface area contributed by atoms with E-state index in [0.29, 0.717) is 24.0 Å². The number of hydrogen-bond donors (Lipinski definition) is 0. The van der Waals surface area contributed by atoms with Crippen molar-refractivity contribution in [1.82, 2.24) is 0 Å². The van der Waals surface area contributed by atoms with Crippen LogP contribution in [0.2, 0.25) is 0 Å². The van der Waals surface area contributed by atoms with Gasteiger partial charge in [-0.1, -0.05) is 30.3 Å². The summed E-state index contributed by atoms with van der Waals surface area (Å²) < 4.78 is 10.1. The maximum Gasteiger partial charge on any atom is 0.313 e. The topological polar surface area (TPSA) is 69.7 Å². The minimum Gasteiger partial charge on any atom is -0.469 e. The fourth-order valence-corrected chi connectivity index (χ4v) is 3.19. The van der Waals surface area contributed by atoms with Gasteiger partial charge in [0.05, 0.1) is 18.6 Å². The van der Waals surface area contributed by atoms with Crippen molar-refractivity contribution in [3.05, 3.63) is 64.7 Å². The van der Waals surface area contributed by atoms with Gasteiger partial charge in [0, 0.05) is 12.5 Å². The van der Waals surface area contributed by atoms with E-state index >= 15 is 0 Å². The van der Waals surface area contributed by atoms with Crippen molar-refractivity contribution in [1.29, 1.82) is 0 Å².